The molecule has 0 aliphatic heterocycles. The fraction of sp³-hybridized carbons (Fsp3) is 0.200. The minimum atomic E-state index is -0.400. The van der Waals surface area contributed by atoms with Crippen LogP contribution in [0.25, 0.3) is 22.4 Å². The van der Waals surface area contributed by atoms with Gasteiger partial charge in [0.05, 0.1) is 22.2 Å². The summed E-state index contributed by atoms with van der Waals surface area (Å²) in [5.41, 5.74) is 2.24. The van der Waals surface area contributed by atoms with Crippen LogP contribution in [0.15, 0.2) is 37.1 Å². The molecule has 0 fully saturated rings. The van der Waals surface area contributed by atoms with Crippen LogP contribution in [-0.4, -0.2) is 34.1 Å². The van der Waals surface area contributed by atoms with Gasteiger partial charge in [-0.25, -0.2) is 4.98 Å². The normalized spacial score (nSPS) is 11.4. The molecule has 9 heteroatoms. The molecule has 0 saturated carbocycles. The molecule has 0 atom stereocenters. The number of aromatic nitrogens is 6. The minimum Gasteiger partial charge on any atom is -0.298 e. The number of benzene rings is 1. The van der Waals surface area contributed by atoms with Gasteiger partial charge >= 0.3 is 0 Å². The molecule has 0 N–H and O–H groups in total. The Morgan fingerprint density at radius 3 is 2.96 bits per heavy atom. The lowest BCUT2D eigenvalue weighted by molar-refractivity contribution is -0.384. The van der Waals surface area contributed by atoms with Crippen molar-refractivity contribution in [2.24, 2.45) is 0 Å². The summed E-state index contributed by atoms with van der Waals surface area (Å²) in [6.45, 7) is 2.04. The van der Waals surface area contributed by atoms with Gasteiger partial charge in [-0.15, -0.1) is 10.2 Å². The van der Waals surface area contributed by atoms with Crippen molar-refractivity contribution in [2.45, 2.75) is 19.8 Å². The standard InChI is InChI=1S/C15H13N7O2/c1-2-3-14-16-4-5-20(14)12-7-11-10(6-13(12)22(23)24)17-8-15-19-18-9-21(11)15/h4-9H,2-3H2,1H3. The summed E-state index contributed by atoms with van der Waals surface area (Å²) in [7, 11) is 0. The van der Waals surface area contributed by atoms with E-state index in [4.69, 9.17) is 0 Å². The topological polar surface area (TPSA) is 104 Å². The van der Waals surface area contributed by atoms with E-state index in [0.717, 1.165) is 18.7 Å². The summed E-state index contributed by atoms with van der Waals surface area (Å²) in [5, 5.41) is 19.4. The first kappa shape index (κ1) is 14.2. The lowest BCUT2D eigenvalue weighted by Crippen LogP contribution is -2.05. The molecule has 0 aliphatic rings. The highest BCUT2D eigenvalue weighted by Crippen LogP contribution is 2.29. The van der Waals surface area contributed by atoms with Crippen molar-refractivity contribution in [3.05, 3.63) is 53.0 Å². The molecule has 24 heavy (non-hydrogen) atoms. The van der Waals surface area contributed by atoms with Crippen LogP contribution in [0.1, 0.15) is 19.2 Å². The number of fused-ring (bicyclic) bond motifs is 3. The van der Waals surface area contributed by atoms with Gasteiger partial charge in [-0.2, -0.15) is 0 Å². The molecule has 0 spiro atoms. The number of imidazole rings is 1. The van der Waals surface area contributed by atoms with Crippen LogP contribution in [0.2, 0.25) is 0 Å². The van der Waals surface area contributed by atoms with Gasteiger partial charge in [0.1, 0.15) is 17.8 Å². The number of rotatable bonds is 4. The zero-order valence-corrected chi connectivity index (χ0v) is 12.8. The molecule has 4 aromatic rings. The van der Waals surface area contributed by atoms with E-state index in [-0.39, 0.29) is 5.69 Å². The number of nitro benzene ring substituents is 1. The fourth-order valence-electron chi connectivity index (χ4n) is 2.80. The second kappa shape index (κ2) is 5.37. The summed E-state index contributed by atoms with van der Waals surface area (Å²) in [6, 6.07) is 3.21. The van der Waals surface area contributed by atoms with E-state index < -0.39 is 4.92 Å². The predicted octanol–water partition coefficient (Wildman–Crippen LogP) is 2.32. The summed E-state index contributed by atoms with van der Waals surface area (Å²) in [5.74, 6) is 0.781. The van der Waals surface area contributed by atoms with E-state index in [1.165, 1.54) is 6.07 Å². The zero-order chi connectivity index (χ0) is 16.7. The van der Waals surface area contributed by atoms with Crippen LogP contribution < -0.4 is 0 Å². The first-order valence-corrected chi connectivity index (χ1v) is 7.48. The molecule has 0 unspecified atom stereocenters. The molecule has 0 saturated heterocycles. The van der Waals surface area contributed by atoms with E-state index in [0.29, 0.717) is 22.4 Å². The lowest BCUT2D eigenvalue weighted by atomic mass is 10.2. The number of nitro groups is 1. The van der Waals surface area contributed by atoms with Crippen LogP contribution in [0.4, 0.5) is 5.69 Å². The summed E-state index contributed by atoms with van der Waals surface area (Å²) in [4.78, 5) is 19.7. The lowest BCUT2D eigenvalue weighted by Gasteiger charge is -2.10. The maximum absolute atomic E-state index is 11.6. The quantitative estimate of drug-likeness (QED) is 0.421. The highest BCUT2D eigenvalue weighted by Gasteiger charge is 2.20. The van der Waals surface area contributed by atoms with Gasteiger partial charge in [0, 0.05) is 24.9 Å². The SMILES string of the molecule is CCCc1nccn1-c1cc2c(cc1[N+](=O)[O-])ncc1nncn12. The number of hydrogen-bond donors (Lipinski definition) is 0. The molecular formula is C15H13N7O2. The Bertz CT molecular complexity index is 1070. The maximum atomic E-state index is 11.6. The van der Waals surface area contributed by atoms with Crippen molar-refractivity contribution in [1.29, 1.82) is 0 Å². The Hall–Kier alpha value is -3.36. The number of nitrogens with zero attached hydrogens (tertiary/aromatic N) is 7. The highest BCUT2D eigenvalue weighted by molar-refractivity contribution is 5.83. The van der Waals surface area contributed by atoms with Crippen molar-refractivity contribution < 1.29 is 4.92 Å². The molecule has 3 heterocycles. The van der Waals surface area contributed by atoms with Gasteiger partial charge in [0.25, 0.3) is 5.69 Å². The van der Waals surface area contributed by atoms with Gasteiger partial charge in [0.2, 0.25) is 0 Å². The second-order valence-corrected chi connectivity index (χ2v) is 5.37. The molecule has 4 rings (SSSR count). The van der Waals surface area contributed by atoms with Gasteiger partial charge in [-0.3, -0.25) is 24.1 Å². The van der Waals surface area contributed by atoms with Crippen molar-refractivity contribution in [3.63, 3.8) is 0 Å². The van der Waals surface area contributed by atoms with Crippen LogP contribution in [-0.2, 0) is 6.42 Å². The third kappa shape index (κ3) is 2.09. The average molecular weight is 323 g/mol. The van der Waals surface area contributed by atoms with Gasteiger partial charge in [0.15, 0.2) is 5.65 Å². The molecule has 9 nitrogen and oxygen atoms in total. The Balaban J connectivity index is 2.06. The molecule has 0 aliphatic carbocycles. The largest absolute Gasteiger partial charge is 0.298 e. The molecule has 0 radical (unpaired) electrons. The van der Waals surface area contributed by atoms with Crippen molar-refractivity contribution in [1.82, 2.24) is 29.1 Å². The minimum absolute atomic E-state index is 0.0159. The second-order valence-electron chi connectivity index (χ2n) is 5.37. The molecule has 0 bridgehead atoms. The Kier molecular flexibility index (Phi) is 3.19. The van der Waals surface area contributed by atoms with Crippen molar-refractivity contribution >= 4 is 22.4 Å². The Morgan fingerprint density at radius 2 is 2.17 bits per heavy atom. The monoisotopic (exact) mass is 323 g/mol. The van der Waals surface area contributed by atoms with Crippen LogP contribution in [0.5, 0.6) is 0 Å². The first-order chi connectivity index (χ1) is 11.7. The first-order valence-electron chi connectivity index (χ1n) is 7.48. The van der Waals surface area contributed by atoms with Crippen molar-refractivity contribution in [2.75, 3.05) is 0 Å². The highest BCUT2D eigenvalue weighted by atomic mass is 16.6. The van der Waals surface area contributed by atoms with Crippen LogP contribution in [0, 0.1) is 10.1 Å². The average Bonchev–Trinajstić information content (AvgIpc) is 3.22. The Labute approximate surface area is 135 Å². The number of aryl methyl sites for hydroxylation is 1. The van der Waals surface area contributed by atoms with E-state index in [1.807, 2.05) is 6.92 Å². The van der Waals surface area contributed by atoms with E-state index in [1.54, 1.807) is 40.0 Å². The van der Waals surface area contributed by atoms with E-state index >= 15 is 0 Å². The molecule has 3 aromatic heterocycles. The van der Waals surface area contributed by atoms with Gasteiger partial charge in [-0.1, -0.05) is 6.92 Å². The van der Waals surface area contributed by atoms with Crippen LogP contribution in [0.3, 0.4) is 0 Å². The van der Waals surface area contributed by atoms with Gasteiger partial charge in [-0.05, 0) is 12.5 Å². The van der Waals surface area contributed by atoms with Gasteiger partial charge < -0.3 is 0 Å². The van der Waals surface area contributed by atoms with E-state index in [9.17, 15) is 10.1 Å². The third-order valence-corrected chi connectivity index (χ3v) is 3.87. The van der Waals surface area contributed by atoms with Crippen LogP contribution >= 0.6 is 0 Å². The summed E-state index contributed by atoms with van der Waals surface area (Å²) >= 11 is 0. The van der Waals surface area contributed by atoms with E-state index in [2.05, 4.69) is 20.2 Å². The van der Waals surface area contributed by atoms with Crippen molar-refractivity contribution in [3.8, 4) is 5.69 Å². The number of hydrogen-bond acceptors (Lipinski definition) is 6. The smallest absolute Gasteiger partial charge is 0.295 e. The Morgan fingerprint density at radius 1 is 1.29 bits per heavy atom. The molecular weight excluding hydrogens is 310 g/mol. The zero-order valence-electron chi connectivity index (χ0n) is 12.8. The fourth-order valence-corrected chi connectivity index (χ4v) is 2.80. The third-order valence-electron chi connectivity index (χ3n) is 3.87. The summed E-state index contributed by atoms with van der Waals surface area (Å²) < 4.78 is 3.51. The molecule has 0 amide bonds. The maximum Gasteiger partial charge on any atom is 0.295 e. The summed E-state index contributed by atoms with van der Waals surface area (Å²) in [6.07, 6.45) is 8.12. The molecule has 120 valence electrons. The predicted molar refractivity (Wildman–Crippen MR) is 86.1 cm³/mol. The molecule has 1 aromatic carbocycles.